The van der Waals surface area contributed by atoms with E-state index in [1.807, 2.05) is 12.1 Å². The molecule has 4 nitrogen and oxygen atoms in total. The second kappa shape index (κ2) is 5.48. The molecule has 1 N–H and O–H groups in total. The van der Waals surface area contributed by atoms with Crippen molar-refractivity contribution in [1.82, 2.24) is 5.32 Å². The second-order valence-electron chi connectivity index (χ2n) is 5.51. The Kier molecular flexibility index (Phi) is 3.97. The third-order valence-corrected chi connectivity index (χ3v) is 3.85. The van der Waals surface area contributed by atoms with Gasteiger partial charge in [-0.2, -0.15) is 0 Å². The Hall–Kier alpha value is -1.42. The van der Waals surface area contributed by atoms with Gasteiger partial charge in [0.2, 0.25) is 0 Å². The quantitative estimate of drug-likeness (QED) is 0.478. The van der Waals surface area contributed by atoms with Crippen LogP contribution in [-0.4, -0.2) is 18.0 Å². The molecule has 0 amide bonds. The van der Waals surface area contributed by atoms with Crippen LogP contribution in [0.5, 0.6) is 0 Å². The van der Waals surface area contributed by atoms with E-state index in [1.165, 1.54) is 19.3 Å². The van der Waals surface area contributed by atoms with Crippen molar-refractivity contribution in [2.45, 2.75) is 32.6 Å². The smallest absolute Gasteiger partial charge is 0.269 e. The van der Waals surface area contributed by atoms with Crippen molar-refractivity contribution in [3.63, 3.8) is 0 Å². The van der Waals surface area contributed by atoms with Crippen molar-refractivity contribution in [2.24, 2.45) is 5.41 Å². The van der Waals surface area contributed by atoms with E-state index in [0.29, 0.717) is 5.41 Å². The molecular weight excluding hydrogens is 228 g/mol. The van der Waals surface area contributed by atoms with Gasteiger partial charge in [0.25, 0.3) is 5.69 Å². The molecule has 0 spiro atoms. The van der Waals surface area contributed by atoms with E-state index in [1.54, 1.807) is 12.1 Å². The number of hydrogen-bond donors (Lipinski definition) is 1. The minimum atomic E-state index is -0.362. The summed E-state index contributed by atoms with van der Waals surface area (Å²) in [7, 11) is 0. The number of rotatable bonds is 6. The van der Waals surface area contributed by atoms with Crippen LogP contribution in [0.4, 0.5) is 5.69 Å². The molecule has 1 aliphatic rings. The van der Waals surface area contributed by atoms with Gasteiger partial charge in [-0.25, -0.2) is 0 Å². The lowest BCUT2D eigenvalue weighted by Crippen LogP contribution is -2.37. The van der Waals surface area contributed by atoms with E-state index >= 15 is 0 Å². The van der Waals surface area contributed by atoms with Crippen LogP contribution in [0.2, 0.25) is 0 Å². The van der Waals surface area contributed by atoms with E-state index in [9.17, 15) is 10.1 Å². The van der Waals surface area contributed by atoms with Crippen molar-refractivity contribution >= 4 is 5.69 Å². The van der Waals surface area contributed by atoms with E-state index < -0.39 is 0 Å². The zero-order chi connectivity index (χ0) is 13.0. The van der Waals surface area contributed by atoms with Gasteiger partial charge in [0, 0.05) is 18.7 Å². The first-order valence-corrected chi connectivity index (χ1v) is 6.53. The molecule has 18 heavy (non-hydrogen) atoms. The number of nitro benzene ring substituents is 1. The highest BCUT2D eigenvalue weighted by atomic mass is 16.6. The number of hydrogen-bond acceptors (Lipinski definition) is 3. The number of nitrogens with zero attached hydrogens (tertiary/aromatic N) is 1. The Balaban J connectivity index is 1.71. The number of nitro groups is 1. The minimum Gasteiger partial charge on any atom is -0.316 e. The van der Waals surface area contributed by atoms with Gasteiger partial charge >= 0.3 is 0 Å². The van der Waals surface area contributed by atoms with Gasteiger partial charge in [0.1, 0.15) is 0 Å². The molecule has 0 aromatic heterocycles. The summed E-state index contributed by atoms with van der Waals surface area (Å²) in [5.41, 5.74) is 1.82. The fraction of sp³-hybridized carbons (Fsp3) is 0.571. The van der Waals surface area contributed by atoms with Gasteiger partial charge in [-0.3, -0.25) is 10.1 Å². The van der Waals surface area contributed by atoms with Crippen LogP contribution in [-0.2, 0) is 6.42 Å². The normalized spacial score (nSPS) is 17.2. The molecule has 1 aromatic rings. The monoisotopic (exact) mass is 248 g/mol. The van der Waals surface area contributed by atoms with Gasteiger partial charge < -0.3 is 5.32 Å². The zero-order valence-corrected chi connectivity index (χ0v) is 10.8. The average Bonchev–Trinajstić information content (AvgIpc) is 2.33. The summed E-state index contributed by atoms with van der Waals surface area (Å²) in [6.45, 7) is 4.35. The van der Waals surface area contributed by atoms with Crippen molar-refractivity contribution in [3.05, 3.63) is 39.9 Å². The standard InChI is InChI=1S/C14H20N2O2/c1-14(8-2-9-14)11-15-10-7-12-3-5-13(6-4-12)16(17)18/h3-6,15H,2,7-11H2,1H3. The van der Waals surface area contributed by atoms with Crippen LogP contribution in [0, 0.1) is 15.5 Å². The number of non-ortho nitro benzene ring substituents is 1. The van der Waals surface area contributed by atoms with Crippen LogP contribution >= 0.6 is 0 Å². The Morgan fingerprint density at radius 3 is 2.50 bits per heavy atom. The maximum Gasteiger partial charge on any atom is 0.269 e. The molecule has 1 saturated carbocycles. The average molecular weight is 248 g/mol. The van der Waals surface area contributed by atoms with Crippen LogP contribution in [0.25, 0.3) is 0 Å². The molecular formula is C14H20N2O2. The van der Waals surface area contributed by atoms with Crippen molar-refractivity contribution in [1.29, 1.82) is 0 Å². The molecule has 2 rings (SSSR count). The Bertz CT molecular complexity index is 410. The molecule has 4 heteroatoms. The van der Waals surface area contributed by atoms with Gasteiger partial charge in [0.05, 0.1) is 4.92 Å². The van der Waals surface area contributed by atoms with E-state index in [4.69, 9.17) is 0 Å². The number of nitrogens with one attached hydrogen (secondary N) is 1. The lowest BCUT2D eigenvalue weighted by Gasteiger charge is -2.38. The van der Waals surface area contributed by atoms with E-state index in [2.05, 4.69) is 12.2 Å². The fourth-order valence-corrected chi connectivity index (χ4v) is 2.36. The lowest BCUT2D eigenvalue weighted by atomic mass is 9.70. The molecule has 98 valence electrons. The highest BCUT2D eigenvalue weighted by molar-refractivity contribution is 5.32. The summed E-state index contributed by atoms with van der Waals surface area (Å²) in [4.78, 5) is 10.2. The first-order chi connectivity index (χ1) is 8.59. The first-order valence-electron chi connectivity index (χ1n) is 6.53. The molecule has 0 aliphatic heterocycles. The largest absolute Gasteiger partial charge is 0.316 e. The summed E-state index contributed by atoms with van der Waals surface area (Å²) in [5.74, 6) is 0. The Labute approximate surface area is 108 Å². The van der Waals surface area contributed by atoms with Crippen LogP contribution < -0.4 is 5.32 Å². The fourth-order valence-electron chi connectivity index (χ4n) is 2.36. The first kappa shape index (κ1) is 13.0. The third kappa shape index (κ3) is 3.29. The van der Waals surface area contributed by atoms with E-state index in [0.717, 1.165) is 25.1 Å². The SMILES string of the molecule is CC1(CNCCc2ccc([N+](=O)[O-])cc2)CCC1. The van der Waals surface area contributed by atoms with Gasteiger partial charge in [-0.15, -0.1) is 0 Å². The van der Waals surface area contributed by atoms with Crippen molar-refractivity contribution in [3.8, 4) is 0 Å². The predicted octanol–water partition coefficient (Wildman–Crippen LogP) is 2.92. The summed E-state index contributed by atoms with van der Waals surface area (Å²) in [6.07, 6.45) is 4.95. The molecule has 1 aliphatic carbocycles. The lowest BCUT2D eigenvalue weighted by molar-refractivity contribution is -0.384. The summed E-state index contributed by atoms with van der Waals surface area (Å²) < 4.78 is 0. The van der Waals surface area contributed by atoms with Gasteiger partial charge in [-0.05, 0) is 36.8 Å². The molecule has 1 fully saturated rings. The molecule has 0 heterocycles. The van der Waals surface area contributed by atoms with Crippen molar-refractivity contribution in [2.75, 3.05) is 13.1 Å². The second-order valence-corrected chi connectivity index (χ2v) is 5.51. The predicted molar refractivity (Wildman–Crippen MR) is 71.6 cm³/mol. The van der Waals surface area contributed by atoms with Crippen LogP contribution in [0.1, 0.15) is 31.7 Å². The molecule has 1 aromatic carbocycles. The summed E-state index contributed by atoms with van der Waals surface area (Å²) in [5, 5.41) is 14.0. The molecule has 0 saturated heterocycles. The van der Waals surface area contributed by atoms with Gasteiger partial charge in [0.15, 0.2) is 0 Å². The molecule has 0 atom stereocenters. The third-order valence-electron chi connectivity index (χ3n) is 3.85. The molecule has 0 radical (unpaired) electrons. The van der Waals surface area contributed by atoms with E-state index in [-0.39, 0.29) is 10.6 Å². The van der Waals surface area contributed by atoms with Crippen LogP contribution in [0.15, 0.2) is 24.3 Å². The maximum absolute atomic E-state index is 10.5. The van der Waals surface area contributed by atoms with Crippen molar-refractivity contribution < 1.29 is 4.92 Å². The number of benzene rings is 1. The molecule has 0 bridgehead atoms. The summed E-state index contributed by atoms with van der Waals surface area (Å²) in [6, 6.07) is 6.82. The van der Waals surface area contributed by atoms with Crippen LogP contribution in [0.3, 0.4) is 0 Å². The Morgan fingerprint density at radius 1 is 1.33 bits per heavy atom. The summed E-state index contributed by atoms with van der Waals surface area (Å²) >= 11 is 0. The topological polar surface area (TPSA) is 55.2 Å². The minimum absolute atomic E-state index is 0.161. The molecule has 0 unspecified atom stereocenters. The van der Waals surface area contributed by atoms with Gasteiger partial charge in [-0.1, -0.05) is 25.5 Å². The maximum atomic E-state index is 10.5. The highest BCUT2D eigenvalue weighted by Crippen LogP contribution is 2.39. The Morgan fingerprint density at radius 2 is 2.00 bits per heavy atom. The highest BCUT2D eigenvalue weighted by Gasteiger charge is 2.30. The zero-order valence-electron chi connectivity index (χ0n) is 10.8.